The van der Waals surface area contributed by atoms with Crippen molar-refractivity contribution in [3.05, 3.63) is 42.0 Å². The molecule has 0 saturated heterocycles. The van der Waals surface area contributed by atoms with Crippen LogP contribution in [-0.4, -0.2) is 20.9 Å². The number of nitrogens with one attached hydrogen (secondary N) is 1. The molecule has 5 nitrogen and oxygen atoms in total. The molecule has 0 fully saturated rings. The van der Waals surface area contributed by atoms with Crippen LogP contribution in [0.3, 0.4) is 0 Å². The van der Waals surface area contributed by atoms with Crippen LogP contribution < -0.4 is 5.32 Å². The lowest BCUT2D eigenvalue weighted by molar-refractivity contribution is 0.0693. The van der Waals surface area contributed by atoms with Crippen LogP contribution in [0.15, 0.2) is 30.6 Å². The first-order valence-corrected chi connectivity index (χ1v) is 5.82. The Balaban J connectivity index is 2.32. The van der Waals surface area contributed by atoms with Crippen molar-refractivity contribution >= 4 is 17.3 Å². The number of nitrogens with zero attached hydrogens (tertiary/aromatic N) is 2. The van der Waals surface area contributed by atoms with Gasteiger partial charge in [-0.15, -0.1) is 0 Å². The van der Waals surface area contributed by atoms with Gasteiger partial charge in [0, 0.05) is 12.2 Å². The van der Waals surface area contributed by atoms with Crippen molar-refractivity contribution in [3.8, 4) is 0 Å². The minimum absolute atomic E-state index is 0.196. The van der Waals surface area contributed by atoms with Crippen LogP contribution in [0.25, 0.3) is 0 Å². The molecule has 0 bridgehead atoms. The molecule has 0 atom stereocenters. The first kappa shape index (κ1) is 13.1. The lowest BCUT2D eigenvalue weighted by atomic mass is 10.1. The maximum atomic E-state index is 13.5. The third-order valence-corrected chi connectivity index (χ3v) is 2.64. The molecule has 1 aromatic carbocycles. The fourth-order valence-electron chi connectivity index (χ4n) is 1.69. The minimum Gasteiger partial charge on any atom is -0.478 e. The molecule has 0 unspecified atom stereocenters. The summed E-state index contributed by atoms with van der Waals surface area (Å²) in [6.07, 6.45) is 3.30. The normalized spacial score (nSPS) is 10.7. The fourth-order valence-corrected chi connectivity index (χ4v) is 1.69. The molecule has 2 N–H and O–H groups in total. The lowest BCUT2D eigenvalue weighted by Crippen LogP contribution is -2.05. The number of carbonyl (C=O) groups is 1. The molecule has 0 saturated carbocycles. The first-order chi connectivity index (χ1) is 8.99. The highest BCUT2D eigenvalue weighted by atomic mass is 19.1. The fraction of sp³-hybridized carbons (Fsp3) is 0.231. The smallest absolute Gasteiger partial charge is 0.340 e. The molecule has 19 heavy (non-hydrogen) atoms. The topological polar surface area (TPSA) is 67.2 Å². The van der Waals surface area contributed by atoms with Gasteiger partial charge in [-0.3, -0.25) is 4.68 Å². The number of rotatable bonds is 4. The Labute approximate surface area is 109 Å². The maximum absolute atomic E-state index is 13.5. The van der Waals surface area contributed by atoms with Crippen molar-refractivity contribution in [1.82, 2.24) is 9.78 Å². The van der Waals surface area contributed by atoms with Crippen molar-refractivity contribution in [2.75, 3.05) is 5.32 Å². The van der Waals surface area contributed by atoms with Crippen LogP contribution in [0.4, 0.5) is 15.8 Å². The van der Waals surface area contributed by atoms with Gasteiger partial charge in [-0.1, -0.05) is 6.07 Å². The zero-order valence-electron chi connectivity index (χ0n) is 10.6. The first-order valence-electron chi connectivity index (χ1n) is 5.82. The van der Waals surface area contributed by atoms with Gasteiger partial charge < -0.3 is 10.4 Å². The number of aromatic carboxylic acids is 1. The summed E-state index contributed by atoms with van der Waals surface area (Å²) in [4.78, 5) is 11.0. The van der Waals surface area contributed by atoms with Crippen LogP contribution in [0.1, 0.15) is 30.2 Å². The van der Waals surface area contributed by atoms with Crippen molar-refractivity contribution in [1.29, 1.82) is 0 Å². The molecule has 2 rings (SSSR count). The Morgan fingerprint density at radius 3 is 2.79 bits per heavy atom. The number of hydrogen-bond donors (Lipinski definition) is 2. The van der Waals surface area contributed by atoms with E-state index in [1.807, 2.05) is 13.8 Å². The number of aromatic nitrogens is 2. The highest BCUT2D eigenvalue weighted by Crippen LogP contribution is 2.23. The van der Waals surface area contributed by atoms with E-state index in [-0.39, 0.29) is 17.3 Å². The molecule has 0 radical (unpaired) electrons. The second-order valence-electron chi connectivity index (χ2n) is 4.40. The maximum Gasteiger partial charge on any atom is 0.340 e. The Morgan fingerprint density at radius 1 is 1.47 bits per heavy atom. The molecule has 6 heteroatoms. The summed E-state index contributed by atoms with van der Waals surface area (Å²) in [7, 11) is 0. The average Bonchev–Trinajstić information content (AvgIpc) is 2.77. The van der Waals surface area contributed by atoms with Gasteiger partial charge in [-0.2, -0.15) is 5.10 Å². The summed E-state index contributed by atoms with van der Waals surface area (Å²) in [6.45, 7) is 3.95. The van der Waals surface area contributed by atoms with Crippen molar-refractivity contribution in [2.24, 2.45) is 0 Å². The predicted octanol–water partition coefficient (Wildman–Crippen LogP) is 3.04. The van der Waals surface area contributed by atoms with E-state index < -0.39 is 11.8 Å². The van der Waals surface area contributed by atoms with Gasteiger partial charge in [-0.25, -0.2) is 9.18 Å². The molecule has 0 spiro atoms. The van der Waals surface area contributed by atoms with E-state index in [1.54, 1.807) is 17.1 Å². The molecule has 1 heterocycles. The van der Waals surface area contributed by atoms with Crippen LogP contribution >= 0.6 is 0 Å². The van der Waals surface area contributed by atoms with Gasteiger partial charge in [0.05, 0.1) is 17.6 Å². The molecule has 0 aliphatic heterocycles. The number of benzene rings is 1. The summed E-state index contributed by atoms with van der Waals surface area (Å²) in [5.41, 5.74) is 0.442. The molecular weight excluding hydrogens is 249 g/mol. The Morgan fingerprint density at radius 2 is 2.21 bits per heavy atom. The lowest BCUT2D eigenvalue weighted by Gasteiger charge is -2.08. The number of carboxylic acid groups (broad SMARTS) is 1. The third-order valence-electron chi connectivity index (χ3n) is 2.64. The number of carboxylic acids is 1. The Hall–Kier alpha value is -2.37. The highest BCUT2D eigenvalue weighted by molar-refractivity contribution is 5.95. The van der Waals surface area contributed by atoms with E-state index in [4.69, 9.17) is 5.11 Å². The Kier molecular flexibility index (Phi) is 3.50. The zero-order valence-corrected chi connectivity index (χ0v) is 10.6. The summed E-state index contributed by atoms with van der Waals surface area (Å²) in [5.74, 6) is -2.08. The molecule has 0 aliphatic carbocycles. The summed E-state index contributed by atoms with van der Waals surface area (Å²) in [6, 6.07) is 4.28. The second kappa shape index (κ2) is 5.09. The highest BCUT2D eigenvalue weighted by Gasteiger charge is 2.16. The van der Waals surface area contributed by atoms with E-state index in [0.717, 1.165) is 6.07 Å². The monoisotopic (exact) mass is 263 g/mol. The summed E-state index contributed by atoms with van der Waals surface area (Å²) in [5, 5.41) is 16.0. The van der Waals surface area contributed by atoms with Gasteiger partial charge in [0.25, 0.3) is 0 Å². The molecule has 0 amide bonds. The number of anilines is 2. The SMILES string of the molecule is CC(C)n1cc(Nc2cccc(F)c2C(=O)O)cn1. The van der Waals surface area contributed by atoms with Gasteiger partial charge in [-0.05, 0) is 26.0 Å². The predicted molar refractivity (Wildman–Crippen MR) is 69.3 cm³/mol. The van der Waals surface area contributed by atoms with Gasteiger partial charge in [0.1, 0.15) is 11.4 Å². The van der Waals surface area contributed by atoms with Gasteiger partial charge in [0.15, 0.2) is 0 Å². The van der Waals surface area contributed by atoms with Crippen molar-refractivity contribution < 1.29 is 14.3 Å². The third kappa shape index (κ3) is 2.73. The van der Waals surface area contributed by atoms with E-state index in [1.165, 1.54) is 12.1 Å². The van der Waals surface area contributed by atoms with Crippen molar-refractivity contribution in [3.63, 3.8) is 0 Å². The van der Waals surface area contributed by atoms with Crippen molar-refractivity contribution in [2.45, 2.75) is 19.9 Å². The molecule has 100 valence electrons. The Bertz CT molecular complexity index is 608. The van der Waals surface area contributed by atoms with Gasteiger partial charge >= 0.3 is 5.97 Å². The van der Waals surface area contributed by atoms with Crippen LogP contribution in [0.2, 0.25) is 0 Å². The van der Waals surface area contributed by atoms with E-state index in [0.29, 0.717) is 5.69 Å². The number of halogens is 1. The zero-order chi connectivity index (χ0) is 14.0. The van der Waals surface area contributed by atoms with Crippen LogP contribution in [-0.2, 0) is 0 Å². The summed E-state index contributed by atoms with van der Waals surface area (Å²) >= 11 is 0. The summed E-state index contributed by atoms with van der Waals surface area (Å²) < 4.78 is 15.2. The van der Waals surface area contributed by atoms with E-state index in [9.17, 15) is 9.18 Å². The average molecular weight is 263 g/mol. The molecule has 0 aliphatic rings. The van der Waals surface area contributed by atoms with E-state index in [2.05, 4.69) is 10.4 Å². The second-order valence-corrected chi connectivity index (χ2v) is 4.40. The van der Waals surface area contributed by atoms with Crippen LogP contribution in [0, 0.1) is 5.82 Å². The largest absolute Gasteiger partial charge is 0.478 e. The quantitative estimate of drug-likeness (QED) is 0.889. The van der Waals surface area contributed by atoms with Gasteiger partial charge in [0.2, 0.25) is 0 Å². The van der Waals surface area contributed by atoms with E-state index >= 15 is 0 Å². The standard InChI is InChI=1S/C13H14FN3O2/c1-8(2)17-7-9(6-15-17)16-11-5-3-4-10(14)12(11)13(18)19/h3-8,16H,1-2H3,(H,18,19). The minimum atomic E-state index is -1.31. The van der Waals surface area contributed by atoms with Crippen LogP contribution in [0.5, 0.6) is 0 Å². The molecular formula is C13H14FN3O2. The molecule has 1 aromatic heterocycles. The molecule has 2 aromatic rings. The number of hydrogen-bond acceptors (Lipinski definition) is 3.